The van der Waals surface area contributed by atoms with Crippen LogP contribution in [0.1, 0.15) is 85.5 Å². The van der Waals surface area contributed by atoms with Gasteiger partial charge in [-0.2, -0.15) is 0 Å². The van der Waals surface area contributed by atoms with Crippen molar-refractivity contribution >= 4 is 5.78 Å². The first-order valence-corrected chi connectivity index (χ1v) is 7.92. The lowest BCUT2D eigenvalue weighted by atomic mass is 9.94. The van der Waals surface area contributed by atoms with E-state index in [4.69, 9.17) is 0 Å². The Morgan fingerprint density at radius 2 is 1.63 bits per heavy atom. The standard InChI is InChI=1S/C17H32O2/c1-5-7-8-9-10-12-17(19)15(4)16(11-6-2)13-14(3)18/h14,18H,5-13H2,1-4H3/b16-15-/t14-/m0/s1. The summed E-state index contributed by atoms with van der Waals surface area (Å²) in [5, 5.41) is 9.51. The van der Waals surface area contributed by atoms with Crippen molar-refractivity contribution in [3.63, 3.8) is 0 Å². The molecule has 0 unspecified atom stereocenters. The van der Waals surface area contributed by atoms with E-state index in [0.717, 1.165) is 36.8 Å². The number of hydrogen-bond acceptors (Lipinski definition) is 2. The van der Waals surface area contributed by atoms with Crippen LogP contribution in [0.3, 0.4) is 0 Å². The van der Waals surface area contributed by atoms with Crippen LogP contribution in [-0.4, -0.2) is 17.0 Å². The quantitative estimate of drug-likeness (QED) is 0.431. The zero-order valence-electron chi connectivity index (χ0n) is 13.3. The van der Waals surface area contributed by atoms with Gasteiger partial charge in [0.2, 0.25) is 0 Å². The minimum atomic E-state index is -0.353. The van der Waals surface area contributed by atoms with Crippen molar-refractivity contribution in [1.82, 2.24) is 0 Å². The third-order valence-electron chi connectivity index (χ3n) is 3.55. The molecule has 0 aromatic heterocycles. The van der Waals surface area contributed by atoms with E-state index in [2.05, 4.69) is 13.8 Å². The van der Waals surface area contributed by atoms with Crippen molar-refractivity contribution in [3.8, 4) is 0 Å². The molecule has 1 N–H and O–H groups in total. The minimum Gasteiger partial charge on any atom is -0.393 e. The van der Waals surface area contributed by atoms with E-state index in [1.54, 1.807) is 6.92 Å². The van der Waals surface area contributed by atoms with E-state index in [0.29, 0.717) is 12.8 Å². The number of Topliss-reactive ketones (excluding diaryl/α,β-unsaturated/α-hetero) is 1. The Bertz CT molecular complexity index is 277. The van der Waals surface area contributed by atoms with E-state index in [9.17, 15) is 9.90 Å². The largest absolute Gasteiger partial charge is 0.393 e. The van der Waals surface area contributed by atoms with Gasteiger partial charge in [-0.1, -0.05) is 51.5 Å². The first-order valence-electron chi connectivity index (χ1n) is 7.92. The normalized spacial score (nSPS) is 14.2. The Morgan fingerprint density at radius 1 is 1.00 bits per heavy atom. The van der Waals surface area contributed by atoms with Crippen LogP contribution in [0.15, 0.2) is 11.1 Å². The maximum Gasteiger partial charge on any atom is 0.158 e. The monoisotopic (exact) mass is 268 g/mol. The SMILES string of the molecule is CCCCCCCC(=O)/C(C)=C(/CCC)C[C@H](C)O. The second-order valence-electron chi connectivity index (χ2n) is 5.62. The molecule has 0 aliphatic carbocycles. The lowest BCUT2D eigenvalue weighted by Crippen LogP contribution is -2.08. The topological polar surface area (TPSA) is 37.3 Å². The number of allylic oxidation sites excluding steroid dienone is 1. The molecule has 0 amide bonds. The Hall–Kier alpha value is -0.630. The molecule has 112 valence electrons. The van der Waals surface area contributed by atoms with Gasteiger partial charge >= 0.3 is 0 Å². The van der Waals surface area contributed by atoms with E-state index < -0.39 is 0 Å². The van der Waals surface area contributed by atoms with Crippen molar-refractivity contribution in [2.75, 3.05) is 0 Å². The lowest BCUT2D eigenvalue weighted by Gasteiger charge is -2.13. The molecule has 1 atom stereocenters. The summed E-state index contributed by atoms with van der Waals surface area (Å²) in [5.41, 5.74) is 2.05. The molecule has 0 heterocycles. The molecule has 0 saturated carbocycles. The number of carbonyl (C=O) groups excluding carboxylic acids is 1. The van der Waals surface area contributed by atoms with E-state index >= 15 is 0 Å². The molecule has 2 heteroatoms. The Balaban J connectivity index is 4.29. The third kappa shape index (κ3) is 8.99. The zero-order chi connectivity index (χ0) is 14.7. The predicted octanol–water partition coefficient (Wildman–Crippen LogP) is 4.80. The second-order valence-corrected chi connectivity index (χ2v) is 5.62. The van der Waals surface area contributed by atoms with Gasteiger partial charge in [-0.15, -0.1) is 0 Å². The first-order chi connectivity index (χ1) is 9.02. The molecular weight excluding hydrogens is 236 g/mol. The fraction of sp³-hybridized carbons (Fsp3) is 0.824. The van der Waals surface area contributed by atoms with Gasteiger partial charge in [0.25, 0.3) is 0 Å². The number of ketones is 1. The Labute approximate surface area is 119 Å². The number of carbonyl (C=O) groups is 1. The summed E-state index contributed by atoms with van der Waals surface area (Å²) in [6, 6.07) is 0. The Kier molecular flexibility index (Phi) is 10.8. The number of hydrogen-bond donors (Lipinski definition) is 1. The molecule has 0 aromatic carbocycles. The highest BCUT2D eigenvalue weighted by Gasteiger charge is 2.12. The van der Waals surface area contributed by atoms with Crippen molar-refractivity contribution in [2.24, 2.45) is 0 Å². The molecule has 0 aliphatic heterocycles. The fourth-order valence-corrected chi connectivity index (χ4v) is 2.37. The van der Waals surface area contributed by atoms with Crippen LogP contribution in [0.25, 0.3) is 0 Å². The van der Waals surface area contributed by atoms with Crippen LogP contribution in [0.4, 0.5) is 0 Å². The number of rotatable bonds is 11. The third-order valence-corrected chi connectivity index (χ3v) is 3.55. The maximum absolute atomic E-state index is 12.1. The molecule has 0 saturated heterocycles. The molecule has 2 nitrogen and oxygen atoms in total. The van der Waals surface area contributed by atoms with Crippen molar-refractivity contribution in [3.05, 3.63) is 11.1 Å². The number of unbranched alkanes of at least 4 members (excludes halogenated alkanes) is 4. The molecule has 0 spiro atoms. The van der Waals surface area contributed by atoms with E-state index in [1.807, 2.05) is 6.92 Å². The van der Waals surface area contributed by atoms with Gasteiger partial charge < -0.3 is 5.11 Å². The number of aliphatic hydroxyl groups excluding tert-OH is 1. The highest BCUT2D eigenvalue weighted by molar-refractivity contribution is 5.95. The summed E-state index contributed by atoms with van der Waals surface area (Å²) in [5.74, 6) is 0.278. The van der Waals surface area contributed by atoms with Gasteiger partial charge in [0.15, 0.2) is 5.78 Å². The van der Waals surface area contributed by atoms with Gasteiger partial charge in [-0.3, -0.25) is 4.79 Å². The van der Waals surface area contributed by atoms with Gasteiger partial charge in [0.1, 0.15) is 0 Å². The van der Waals surface area contributed by atoms with Crippen LogP contribution in [0, 0.1) is 0 Å². The van der Waals surface area contributed by atoms with E-state index in [1.165, 1.54) is 19.3 Å². The van der Waals surface area contributed by atoms with Crippen molar-refractivity contribution in [2.45, 2.75) is 91.6 Å². The van der Waals surface area contributed by atoms with Crippen molar-refractivity contribution < 1.29 is 9.90 Å². The highest BCUT2D eigenvalue weighted by Crippen LogP contribution is 2.20. The molecule has 0 bridgehead atoms. The first kappa shape index (κ1) is 18.4. The van der Waals surface area contributed by atoms with Crippen LogP contribution >= 0.6 is 0 Å². The molecular formula is C17H32O2. The van der Waals surface area contributed by atoms with Crippen molar-refractivity contribution in [1.29, 1.82) is 0 Å². The van der Waals surface area contributed by atoms with Gasteiger partial charge in [-0.25, -0.2) is 0 Å². The summed E-state index contributed by atoms with van der Waals surface area (Å²) in [6.07, 6.45) is 8.83. The zero-order valence-corrected chi connectivity index (χ0v) is 13.3. The molecule has 0 radical (unpaired) electrons. The van der Waals surface area contributed by atoms with Gasteiger partial charge in [-0.05, 0) is 38.7 Å². The van der Waals surface area contributed by atoms with Gasteiger partial charge in [0, 0.05) is 6.42 Å². The predicted molar refractivity (Wildman–Crippen MR) is 82.3 cm³/mol. The summed E-state index contributed by atoms with van der Waals surface area (Å²) < 4.78 is 0. The average Bonchev–Trinajstić information content (AvgIpc) is 2.36. The van der Waals surface area contributed by atoms with Crippen LogP contribution < -0.4 is 0 Å². The Morgan fingerprint density at radius 3 is 2.16 bits per heavy atom. The van der Waals surface area contributed by atoms with Crippen LogP contribution in [0.2, 0.25) is 0 Å². The van der Waals surface area contributed by atoms with Crippen LogP contribution in [0.5, 0.6) is 0 Å². The highest BCUT2D eigenvalue weighted by atomic mass is 16.3. The molecule has 0 aliphatic rings. The fourth-order valence-electron chi connectivity index (χ4n) is 2.37. The molecule has 19 heavy (non-hydrogen) atoms. The summed E-state index contributed by atoms with van der Waals surface area (Å²) in [7, 11) is 0. The summed E-state index contributed by atoms with van der Waals surface area (Å²) in [4.78, 5) is 12.1. The second kappa shape index (κ2) is 11.2. The molecule has 0 aromatic rings. The van der Waals surface area contributed by atoms with Crippen LogP contribution in [-0.2, 0) is 4.79 Å². The molecule has 0 rings (SSSR count). The van der Waals surface area contributed by atoms with Gasteiger partial charge in [0.05, 0.1) is 6.10 Å². The summed E-state index contributed by atoms with van der Waals surface area (Å²) in [6.45, 7) is 8.04. The lowest BCUT2D eigenvalue weighted by molar-refractivity contribution is -0.115. The minimum absolute atomic E-state index is 0.278. The number of aliphatic hydroxyl groups is 1. The molecule has 0 fully saturated rings. The smallest absolute Gasteiger partial charge is 0.158 e. The van der Waals surface area contributed by atoms with E-state index in [-0.39, 0.29) is 11.9 Å². The average molecular weight is 268 g/mol. The maximum atomic E-state index is 12.1. The summed E-state index contributed by atoms with van der Waals surface area (Å²) >= 11 is 0.